The number of halogens is 2. The van der Waals surface area contributed by atoms with Gasteiger partial charge in [0.25, 0.3) is 0 Å². The van der Waals surface area contributed by atoms with Crippen LogP contribution in [0.15, 0.2) is 90.1 Å². The predicted octanol–water partition coefficient (Wildman–Crippen LogP) is 7.82. The smallest absolute Gasteiger partial charge is 0.222 e. The number of aliphatic imine (C=N–C) groups is 1. The zero-order chi connectivity index (χ0) is 20.6. The van der Waals surface area contributed by atoms with E-state index in [-0.39, 0.29) is 0 Å². The van der Waals surface area contributed by atoms with Crippen LogP contribution in [-0.4, -0.2) is 5.90 Å². The molecule has 5 heteroatoms. The van der Waals surface area contributed by atoms with E-state index in [2.05, 4.69) is 31.0 Å². The highest BCUT2D eigenvalue weighted by molar-refractivity contribution is 6.34. The van der Waals surface area contributed by atoms with Crippen molar-refractivity contribution < 1.29 is 9.47 Å². The van der Waals surface area contributed by atoms with Crippen molar-refractivity contribution in [3.8, 4) is 11.5 Å². The molecule has 0 saturated heterocycles. The molecule has 0 aliphatic heterocycles. The number of nitrogens with zero attached hydrogens (tertiary/aromatic N) is 1. The summed E-state index contributed by atoms with van der Waals surface area (Å²) in [5.74, 6) is 1.90. The van der Waals surface area contributed by atoms with Gasteiger partial charge in [-0.3, -0.25) is 0 Å². The summed E-state index contributed by atoms with van der Waals surface area (Å²) < 4.78 is 11.5. The largest absolute Gasteiger partial charge is 0.465 e. The van der Waals surface area contributed by atoms with E-state index in [0.29, 0.717) is 33.4 Å². The first kappa shape index (κ1) is 21.0. The van der Waals surface area contributed by atoms with Crippen molar-refractivity contribution in [3.05, 3.63) is 101 Å². The number of hydrogen-bond acceptors (Lipinski definition) is 3. The van der Waals surface area contributed by atoms with Crippen LogP contribution < -0.4 is 9.47 Å². The lowest BCUT2D eigenvalue weighted by atomic mass is 10.0. The molecular weight excluding hydrogens is 405 g/mol. The second kappa shape index (κ2) is 10.1. The van der Waals surface area contributed by atoms with E-state index in [1.807, 2.05) is 42.5 Å². The molecule has 0 amide bonds. The van der Waals surface area contributed by atoms with Gasteiger partial charge in [-0.15, -0.1) is 0 Å². The molecule has 0 N–H and O–H groups in total. The van der Waals surface area contributed by atoms with Crippen molar-refractivity contribution in [1.82, 2.24) is 0 Å². The highest BCUT2D eigenvalue weighted by Gasteiger charge is 2.07. The molecule has 0 heterocycles. The normalized spacial score (nSPS) is 11.8. The number of para-hydroxylation sites is 1. The molecule has 0 fully saturated rings. The maximum Gasteiger partial charge on any atom is 0.222 e. The quantitative estimate of drug-likeness (QED) is 0.229. The average molecular weight is 426 g/mol. The van der Waals surface area contributed by atoms with E-state index in [9.17, 15) is 0 Å². The molecule has 3 aromatic rings. The van der Waals surface area contributed by atoms with Gasteiger partial charge in [-0.25, -0.2) is 4.99 Å². The summed E-state index contributed by atoms with van der Waals surface area (Å²) in [4.78, 5) is 4.58. The van der Waals surface area contributed by atoms with Gasteiger partial charge in [-0.2, -0.15) is 0 Å². The molecule has 0 atom stereocenters. The van der Waals surface area contributed by atoms with Crippen LogP contribution in [0.25, 0.3) is 0 Å². The molecule has 0 spiro atoms. The molecule has 3 nitrogen and oxygen atoms in total. The minimum atomic E-state index is 0.322. The Morgan fingerprint density at radius 1 is 0.931 bits per heavy atom. The Balaban J connectivity index is 1.86. The molecule has 3 rings (SSSR count). The number of rotatable bonds is 6. The Hall–Kier alpha value is -2.75. The van der Waals surface area contributed by atoms with Crippen molar-refractivity contribution in [2.24, 2.45) is 4.99 Å². The second-order valence-electron chi connectivity index (χ2n) is 6.61. The Bertz CT molecular complexity index is 997. The van der Waals surface area contributed by atoms with Gasteiger partial charge in [0.05, 0.1) is 17.0 Å². The first-order valence-electron chi connectivity index (χ1n) is 9.21. The van der Waals surface area contributed by atoms with Crippen molar-refractivity contribution >= 4 is 34.8 Å². The Kier molecular flexibility index (Phi) is 7.34. The summed E-state index contributed by atoms with van der Waals surface area (Å²) in [6.07, 6.45) is 3.16. The van der Waals surface area contributed by atoms with Gasteiger partial charge in [0.1, 0.15) is 11.5 Å². The summed E-state index contributed by atoms with van der Waals surface area (Å²) in [7, 11) is 0. The van der Waals surface area contributed by atoms with Gasteiger partial charge < -0.3 is 9.47 Å². The molecule has 0 aliphatic carbocycles. The fourth-order valence-electron chi connectivity index (χ4n) is 2.49. The van der Waals surface area contributed by atoms with Crippen LogP contribution >= 0.6 is 23.2 Å². The van der Waals surface area contributed by atoms with Gasteiger partial charge in [0.15, 0.2) is 0 Å². The highest BCUT2D eigenvalue weighted by Crippen LogP contribution is 2.28. The Morgan fingerprint density at radius 3 is 2.34 bits per heavy atom. The molecule has 0 radical (unpaired) electrons. The standard InChI is InChI=1S/C24H21Cl2NO2/c1-17(2)18-8-11-20(12-9-18)27-24(14-15-28-21-6-4-3-5-7-21)29-23-16-19(25)10-13-22(23)26/h3-17H,1-2H3. The highest BCUT2D eigenvalue weighted by atomic mass is 35.5. The van der Waals surface area contributed by atoms with Gasteiger partial charge >= 0.3 is 0 Å². The van der Waals surface area contributed by atoms with Crippen molar-refractivity contribution in [1.29, 1.82) is 0 Å². The Morgan fingerprint density at radius 2 is 1.66 bits per heavy atom. The van der Waals surface area contributed by atoms with Crippen LogP contribution in [-0.2, 0) is 0 Å². The van der Waals surface area contributed by atoms with E-state index >= 15 is 0 Å². The predicted molar refractivity (Wildman–Crippen MR) is 121 cm³/mol. The molecule has 0 aromatic heterocycles. The molecule has 0 saturated carbocycles. The summed E-state index contributed by atoms with van der Waals surface area (Å²) in [6, 6.07) is 22.5. The monoisotopic (exact) mass is 425 g/mol. The molecule has 0 bridgehead atoms. The lowest BCUT2D eigenvalue weighted by Crippen LogP contribution is -2.06. The second-order valence-corrected chi connectivity index (χ2v) is 7.45. The fraction of sp³-hybridized carbons (Fsp3) is 0.125. The SMILES string of the molecule is CC(C)c1ccc(N=C(C=COc2ccccc2)Oc2cc(Cl)ccc2Cl)cc1. The zero-order valence-corrected chi connectivity index (χ0v) is 17.7. The maximum absolute atomic E-state index is 6.23. The lowest BCUT2D eigenvalue weighted by Gasteiger charge is -2.09. The van der Waals surface area contributed by atoms with Crippen LogP contribution in [0.1, 0.15) is 25.3 Å². The zero-order valence-electron chi connectivity index (χ0n) is 16.2. The van der Waals surface area contributed by atoms with Gasteiger partial charge in [-0.05, 0) is 47.9 Å². The molecule has 0 unspecified atom stereocenters. The van der Waals surface area contributed by atoms with Gasteiger partial charge in [-0.1, -0.05) is 67.4 Å². The van der Waals surface area contributed by atoms with E-state index in [1.165, 1.54) is 11.8 Å². The van der Waals surface area contributed by atoms with E-state index < -0.39 is 0 Å². The lowest BCUT2D eigenvalue weighted by molar-refractivity contribution is 0.479. The third-order valence-corrected chi connectivity index (χ3v) is 4.61. The molecule has 29 heavy (non-hydrogen) atoms. The Labute approximate surface area is 181 Å². The summed E-state index contributed by atoms with van der Waals surface area (Å²) >= 11 is 12.3. The van der Waals surface area contributed by atoms with Crippen LogP contribution in [0.5, 0.6) is 11.5 Å². The van der Waals surface area contributed by atoms with Crippen molar-refractivity contribution in [2.45, 2.75) is 19.8 Å². The van der Waals surface area contributed by atoms with E-state index in [4.69, 9.17) is 32.7 Å². The van der Waals surface area contributed by atoms with E-state index in [1.54, 1.807) is 24.3 Å². The average Bonchev–Trinajstić information content (AvgIpc) is 2.72. The summed E-state index contributed by atoms with van der Waals surface area (Å²) in [5.41, 5.74) is 2.00. The third kappa shape index (κ3) is 6.38. The third-order valence-electron chi connectivity index (χ3n) is 4.06. The van der Waals surface area contributed by atoms with Crippen LogP contribution in [0.2, 0.25) is 10.0 Å². The number of ether oxygens (including phenoxy) is 2. The topological polar surface area (TPSA) is 30.8 Å². The number of benzene rings is 3. The van der Waals surface area contributed by atoms with Crippen molar-refractivity contribution in [2.75, 3.05) is 0 Å². The minimum Gasteiger partial charge on any atom is -0.465 e. The molecule has 0 aliphatic rings. The minimum absolute atomic E-state index is 0.322. The van der Waals surface area contributed by atoms with Crippen LogP contribution in [0, 0.1) is 0 Å². The van der Waals surface area contributed by atoms with Gasteiger partial charge in [0.2, 0.25) is 5.90 Å². The molecular formula is C24H21Cl2NO2. The summed E-state index contributed by atoms with van der Waals surface area (Å²) in [5, 5.41) is 0.962. The number of hydrogen-bond donors (Lipinski definition) is 0. The molecule has 3 aromatic carbocycles. The van der Waals surface area contributed by atoms with Crippen molar-refractivity contribution in [3.63, 3.8) is 0 Å². The maximum atomic E-state index is 6.23. The van der Waals surface area contributed by atoms with Gasteiger partial charge in [0, 0.05) is 17.2 Å². The van der Waals surface area contributed by atoms with Crippen LogP contribution in [0.3, 0.4) is 0 Å². The summed E-state index contributed by atoms with van der Waals surface area (Å²) in [6.45, 7) is 4.30. The first-order valence-corrected chi connectivity index (χ1v) is 9.96. The first-order chi connectivity index (χ1) is 14.0. The fourth-order valence-corrected chi connectivity index (χ4v) is 2.81. The van der Waals surface area contributed by atoms with E-state index in [0.717, 1.165) is 5.69 Å². The molecule has 148 valence electrons. The van der Waals surface area contributed by atoms with Crippen LogP contribution in [0.4, 0.5) is 5.69 Å².